The van der Waals surface area contributed by atoms with Gasteiger partial charge in [0.1, 0.15) is 0 Å². The van der Waals surface area contributed by atoms with Crippen molar-refractivity contribution in [3.8, 4) is 6.07 Å². The monoisotopic (exact) mass is 257 g/mol. The Hall–Kier alpha value is -2.23. The van der Waals surface area contributed by atoms with Crippen LogP contribution in [0.1, 0.15) is 17.2 Å². The Bertz CT molecular complexity index is 529. The van der Waals surface area contributed by atoms with Crippen molar-refractivity contribution in [1.82, 2.24) is 20.3 Å². The second-order valence-corrected chi connectivity index (χ2v) is 4.12. The second-order valence-electron chi connectivity index (χ2n) is 4.12. The lowest BCUT2D eigenvalue weighted by Gasteiger charge is -2.12. The molecule has 0 fully saturated rings. The van der Waals surface area contributed by atoms with E-state index < -0.39 is 6.10 Å². The molecule has 98 valence electrons. The fourth-order valence-corrected chi connectivity index (χ4v) is 1.68. The molecule has 0 bridgehead atoms. The molecule has 0 aliphatic carbocycles. The second kappa shape index (κ2) is 6.64. The Balaban J connectivity index is 1.74. The summed E-state index contributed by atoms with van der Waals surface area (Å²) in [7, 11) is 0. The number of aliphatic hydroxyl groups excluding tert-OH is 1. The lowest BCUT2D eigenvalue weighted by atomic mass is 10.1. The van der Waals surface area contributed by atoms with Crippen LogP contribution in [0.5, 0.6) is 0 Å². The molecule has 1 unspecified atom stereocenters. The van der Waals surface area contributed by atoms with Gasteiger partial charge in [-0.1, -0.05) is 17.3 Å². The fourth-order valence-electron chi connectivity index (χ4n) is 1.68. The molecule has 6 nitrogen and oxygen atoms in total. The molecule has 0 saturated heterocycles. The van der Waals surface area contributed by atoms with Gasteiger partial charge in [-0.3, -0.25) is 4.68 Å². The summed E-state index contributed by atoms with van der Waals surface area (Å²) in [6.45, 7) is 1.87. The number of nitriles is 1. The molecule has 1 atom stereocenters. The van der Waals surface area contributed by atoms with Crippen LogP contribution in [0.25, 0.3) is 0 Å². The molecule has 0 spiro atoms. The van der Waals surface area contributed by atoms with Crippen LogP contribution in [0, 0.1) is 11.3 Å². The van der Waals surface area contributed by atoms with Crippen molar-refractivity contribution in [2.24, 2.45) is 0 Å². The molecule has 1 heterocycles. The highest BCUT2D eigenvalue weighted by atomic mass is 16.3. The molecular weight excluding hydrogens is 242 g/mol. The zero-order chi connectivity index (χ0) is 13.5. The van der Waals surface area contributed by atoms with Crippen molar-refractivity contribution < 1.29 is 5.11 Å². The molecule has 2 N–H and O–H groups in total. The average molecular weight is 257 g/mol. The number of benzene rings is 1. The first-order valence-electron chi connectivity index (χ1n) is 6.02. The van der Waals surface area contributed by atoms with Crippen molar-refractivity contribution in [1.29, 1.82) is 5.26 Å². The maximum atomic E-state index is 9.96. The van der Waals surface area contributed by atoms with Crippen LogP contribution in [-0.4, -0.2) is 33.2 Å². The first kappa shape index (κ1) is 13.2. The Labute approximate surface area is 111 Å². The average Bonchev–Trinajstić information content (AvgIpc) is 2.96. The summed E-state index contributed by atoms with van der Waals surface area (Å²) in [6.07, 6.45) is 2.84. The number of rotatable bonds is 6. The van der Waals surface area contributed by atoms with Gasteiger partial charge in [-0.2, -0.15) is 5.26 Å². The van der Waals surface area contributed by atoms with Gasteiger partial charge in [-0.25, -0.2) is 0 Å². The Morgan fingerprint density at radius 2 is 2.16 bits per heavy atom. The van der Waals surface area contributed by atoms with Crippen molar-refractivity contribution in [3.05, 3.63) is 47.8 Å². The Kier molecular flexibility index (Phi) is 4.61. The minimum absolute atomic E-state index is 0.459. The number of aliphatic hydroxyl groups is 1. The van der Waals surface area contributed by atoms with Crippen LogP contribution in [0.4, 0.5) is 0 Å². The van der Waals surface area contributed by atoms with Gasteiger partial charge >= 0.3 is 0 Å². The molecule has 1 aromatic carbocycles. The molecule has 0 saturated carbocycles. The van der Waals surface area contributed by atoms with Crippen LogP contribution in [0.3, 0.4) is 0 Å². The predicted octanol–water partition coefficient (Wildman–Crippen LogP) is 0.473. The van der Waals surface area contributed by atoms with Crippen molar-refractivity contribution >= 4 is 0 Å². The lowest BCUT2D eigenvalue weighted by Crippen LogP contribution is -2.25. The molecule has 0 radical (unpaired) electrons. The normalized spacial score (nSPS) is 12.0. The standard InChI is InChI=1S/C13H15N5O/c14-9-11-1-3-12(4-2-11)13(19)10-15-5-7-18-8-6-16-17-18/h1-4,6,8,13,15,19H,5,7,10H2. The smallest absolute Gasteiger partial charge is 0.0991 e. The van der Waals surface area contributed by atoms with E-state index in [1.165, 1.54) is 0 Å². The third-order valence-electron chi connectivity index (χ3n) is 2.75. The molecule has 2 rings (SSSR count). The highest BCUT2D eigenvalue weighted by Crippen LogP contribution is 2.12. The van der Waals surface area contributed by atoms with E-state index in [4.69, 9.17) is 5.26 Å². The van der Waals surface area contributed by atoms with Crippen molar-refractivity contribution in [3.63, 3.8) is 0 Å². The Morgan fingerprint density at radius 1 is 1.37 bits per heavy atom. The highest BCUT2D eigenvalue weighted by molar-refractivity contribution is 5.32. The molecule has 0 aliphatic rings. The van der Waals surface area contributed by atoms with Crippen LogP contribution < -0.4 is 5.32 Å². The van der Waals surface area contributed by atoms with Gasteiger partial charge in [0.15, 0.2) is 0 Å². The third kappa shape index (κ3) is 3.88. The van der Waals surface area contributed by atoms with Crippen LogP contribution in [0.2, 0.25) is 0 Å². The molecule has 2 aromatic rings. The molecule has 0 aliphatic heterocycles. The van der Waals surface area contributed by atoms with Crippen molar-refractivity contribution in [2.45, 2.75) is 12.6 Å². The van der Waals surface area contributed by atoms with Gasteiger partial charge in [-0.15, -0.1) is 5.10 Å². The van der Waals surface area contributed by atoms with E-state index in [1.54, 1.807) is 41.3 Å². The van der Waals surface area contributed by atoms with E-state index in [0.717, 1.165) is 5.56 Å². The molecule has 1 aromatic heterocycles. The van der Waals surface area contributed by atoms with Crippen LogP contribution in [0.15, 0.2) is 36.7 Å². The Morgan fingerprint density at radius 3 is 2.79 bits per heavy atom. The molecule has 6 heteroatoms. The zero-order valence-electron chi connectivity index (χ0n) is 10.4. The number of hydrogen-bond acceptors (Lipinski definition) is 5. The van der Waals surface area contributed by atoms with Gasteiger partial charge in [0.25, 0.3) is 0 Å². The summed E-state index contributed by atoms with van der Waals surface area (Å²) in [5, 5.41) is 29.4. The van der Waals surface area contributed by atoms with Gasteiger partial charge < -0.3 is 10.4 Å². The van der Waals surface area contributed by atoms with E-state index in [9.17, 15) is 5.11 Å². The first-order chi connectivity index (χ1) is 9.29. The first-order valence-corrected chi connectivity index (χ1v) is 6.02. The largest absolute Gasteiger partial charge is 0.387 e. The van der Waals surface area contributed by atoms with Gasteiger partial charge in [0.05, 0.1) is 30.5 Å². The van der Waals surface area contributed by atoms with Gasteiger partial charge in [-0.05, 0) is 17.7 Å². The van der Waals surface area contributed by atoms with Crippen molar-refractivity contribution in [2.75, 3.05) is 13.1 Å². The maximum absolute atomic E-state index is 9.96. The minimum atomic E-state index is -0.580. The number of hydrogen-bond donors (Lipinski definition) is 2. The summed E-state index contributed by atoms with van der Waals surface area (Å²) >= 11 is 0. The summed E-state index contributed by atoms with van der Waals surface area (Å²) in [5.41, 5.74) is 1.39. The van der Waals surface area contributed by atoms with Crippen LogP contribution >= 0.6 is 0 Å². The van der Waals surface area contributed by atoms with Gasteiger partial charge in [0, 0.05) is 19.3 Å². The maximum Gasteiger partial charge on any atom is 0.0991 e. The number of nitrogens with zero attached hydrogens (tertiary/aromatic N) is 4. The molecular formula is C13H15N5O. The van der Waals surface area contributed by atoms with Gasteiger partial charge in [0.2, 0.25) is 0 Å². The topological polar surface area (TPSA) is 86.8 Å². The minimum Gasteiger partial charge on any atom is -0.387 e. The van der Waals surface area contributed by atoms with E-state index >= 15 is 0 Å². The fraction of sp³-hybridized carbons (Fsp3) is 0.308. The SMILES string of the molecule is N#Cc1ccc(C(O)CNCCn2ccnn2)cc1. The summed E-state index contributed by atoms with van der Waals surface area (Å²) in [5.74, 6) is 0. The summed E-state index contributed by atoms with van der Waals surface area (Å²) < 4.78 is 1.72. The molecule has 0 amide bonds. The zero-order valence-corrected chi connectivity index (χ0v) is 10.4. The van der Waals surface area contributed by atoms with E-state index in [0.29, 0.717) is 25.2 Å². The molecule has 19 heavy (non-hydrogen) atoms. The van der Waals surface area contributed by atoms with Crippen LogP contribution in [-0.2, 0) is 6.54 Å². The number of aromatic nitrogens is 3. The highest BCUT2D eigenvalue weighted by Gasteiger charge is 2.06. The van der Waals surface area contributed by atoms with E-state index in [1.807, 2.05) is 6.07 Å². The van der Waals surface area contributed by atoms with E-state index in [2.05, 4.69) is 15.6 Å². The summed E-state index contributed by atoms with van der Waals surface area (Å²) in [4.78, 5) is 0. The lowest BCUT2D eigenvalue weighted by molar-refractivity contribution is 0.174. The number of nitrogens with one attached hydrogen (secondary N) is 1. The van der Waals surface area contributed by atoms with E-state index in [-0.39, 0.29) is 0 Å². The summed E-state index contributed by atoms with van der Waals surface area (Å²) in [6, 6.07) is 8.99. The third-order valence-corrected chi connectivity index (χ3v) is 2.75. The predicted molar refractivity (Wildman–Crippen MR) is 69.0 cm³/mol. The quantitative estimate of drug-likeness (QED) is 0.735.